The van der Waals surface area contributed by atoms with Crippen LogP contribution in [0.1, 0.15) is 52.3 Å². The molecule has 0 aliphatic rings. The number of aromatic nitrogens is 2. The topological polar surface area (TPSA) is 41.3 Å². The first-order chi connectivity index (χ1) is 8.35. The summed E-state index contributed by atoms with van der Waals surface area (Å²) in [5.41, 5.74) is 0.404. The van der Waals surface area contributed by atoms with Crippen molar-refractivity contribution in [2.24, 2.45) is 0 Å². The fraction of sp³-hybridized carbons (Fsp3) is 0.786. The Morgan fingerprint density at radius 1 is 1.39 bits per heavy atom. The van der Waals surface area contributed by atoms with Gasteiger partial charge in [-0.25, -0.2) is 0 Å². The molecule has 0 atom stereocenters. The van der Waals surface area contributed by atoms with E-state index in [0.717, 1.165) is 25.1 Å². The maximum atomic E-state index is 9.77. The summed E-state index contributed by atoms with van der Waals surface area (Å²) in [6.45, 7) is 9.45. The number of aliphatic hydroxyl groups is 1. The molecular formula is C14H27N3O. The third kappa shape index (κ3) is 4.78. The number of likely N-dealkylation sites (N-methyl/N-ethyl adjacent to an activating group) is 1. The summed E-state index contributed by atoms with van der Waals surface area (Å²) >= 11 is 0. The van der Waals surface area contributed by atoms with E-state index in [1.54, 1.807) is 0 Å². The molecule has 18 heavy (non-hydrogen) atoms. The maximum Gasteiger partial charge on any atom is 0.0764 e. The highest BCUT2D eigenvalue weighted by Crippen LogP contribution is 2.15. The maximum absolute atomic E-state index is 9.77. The van der Waals surface area contributed by atoms with Crippen molar-refractivity contribution in [2.75, 3.05) is 13.6 Å². The molecule has 0 radical (unpaired) electrons. The minimum absolute atomic E-state index is 0.498. The van der Waals surface area contributed by atoms with Gasteiger partial charge < -0.3 is 5.11 Å². The molecule has 104 valence electrons. The van der Waals surface area contributed by atoms with Crippen molar-refractivity contribution < 1.29 is 5.11 Å². The Labute approximate surface area is 111 Å². The first-order valence-corrected chi connectivity index (χ1v) is 6.80. The monoisotopic (exact) mass is 253 g/mol. The zero-order valence-corrected chi connectivity index (χ0v) is 12.3. The van der Waals surface area contributed by atoms with Gasteiger partial charge in [-0.2, -0.15) is 5.10 Å². The summed E-state index contributed by atoms with van der Waals surface area (Å²) in [5.74, 6) is 0. The third-order valence-electron chi connectivity index (χ3n) is 3.07. The first-order valence-electron chi connectivity index (χ1n) is 6.80. The van der Waals surface area contributed by atoms with Gasteiger partial charge in [0.25, 0.3) is 0 Å². The molecule has 0 bridgehead atoms. The molecule has 1 heterocycles. The van der Waals surface area contributed by atoms with E-state index in [2.05, 4.69) is 40.8 Å². The quantitative estimate of drug-likeness (QED) is 0.811. The first kappa shape index (κ1) is 15.2. The number of nitrogens with zero attached hydrogens (tertiary/aromatic N) is 3. The lowest BCUT2D eigenvalue weighted by molar-refractivity contribution is 0.0421. The van der Waals surface area contributed by atoms with Gasteiger partial charge in [0.1, 0.15) is 0 Å². The second-order valence-electron chi connectivity index (χ2n) is 5.74. The van der Waals surface area contributed by atoms with Crippen molar-refractivity contribution in [3.63, 3.8) is 0 Å². The van der Waals surface area contributed by atoms with Crippen LogP contribution in [0.15, 0.2) is 12.3 Å². The Morgan fingerprint density at radius 2 is 2.00 bits per heavy atom. The van der Waals surface area contributed by atoms with E-state index in [-0.39, 0.29) is 0 Å². The molecule has 0 spiro atoms. The summed E-state index contributed by atoms with van der Waals surface area (Å²) in [6.07, 6.45) is 4.28. The predicted octanol–water partition coefficient (Wildman–Crippen LogP) is 2.45. The van der Waals surface area contributed by atoms with E-state index >= 15 is 0 Å². The molecule has 0 amide bonds. The normalized spacial score (nSPS) is 12.7. The van der Waals surface area contributed by atoms with E-state index in [9.17, 15) is 5.11 Å². The molecule has 0 saturated carbocycles. The van der Waals surface area contributed by atoms with Crippen molar-refractivity contribution >= 4 is 0 Å². The van der Waals surface area contributed by atoms with Crippen LogP contribution >= 0.6 is 0 Å². The van der Waals surface area contributed by atoms with E-state index < -0.39 is 5.60 Å². The molecule has 0 aliphatic heterocycles. The van der Waals surface area contributed by atoms with Crippen LogP contribution < -0.4 is 0 Å². The van der Waals surface area contributed by atoms with Crippen LogP contribution in [-0.2, 0) is 6.54 Å². The van der Waals surface area contributed by atoms with Crippen molar-refractivity contribution in [3.8, 4) is 0 Å². The minimum Gasteiger partial charge on any atom is -0.389 e. The van der Waals surface area contributed by atoms with Gasteiger partial charge in [0.2, 0.25) is 0 Å². The van der Waals surface area contributed by atoms with Crippen LogP contribution in [0.25, 0.3) is 0 Å². The smallest absolute Gasteiger partial charge is 0.0764 e. The highest BCUT2D eigenvalue weighted by atomic mass is 16.3. The zero-order chi connectivity index (χ0) is 13.8. The molecule has 1 aromatic rings. The van der Waals surface area contributed by atoms with Crippen molar-refractivity contribution in [3.05, 3.63) is 18.0 Å². The van der Waals surface area contributed by atoms with Gasteiger partial charge in [0.05, 0.1) is 17.3 Å². The molecule has 4 nitrogen and oxygen atoms in total. The van der Waals surface area contributed by atoms with Crippen molar-refractivity contribution in [2.45, 2.75) is 58.7 Å². The molecule has 1 rings (SSSR count). The van der Waals surface area contributed by atoms with Crippen LogP contribution in [0, 0.1) is 0 Å². The average molecular weight is 253 g/mol. The molecule has 0 unspecified atom stereocenters. The van der Waals surface area contributed by atoms with E-state index in [0.29, 0.717) is 12.6 Å². The lowest BCUT2D eigenvalue weighted by Crippen LogP contribution is -2.35. The van der Waals surface area contributed by atoms with Crippen molar-refractivity contribution in [1.29, 1.82) is 0 Å². The second kappa shape index (κ2) is 6.34. The molecule has 1 aromatic heterocycles. The molecular weight excluding hydrogens is 226 g/mol. The van der Waals surface area contributed by atoms with Crippen LogP contribution in [-0.4, -0.2) is 39.0 Å². The van der Waals surface area contributed by atoms with Gasteiger partial charge in [-0.05, 0) is 39.8 Å². The molecule has 0 fully saturated rings. The summed E-state index contributed by atoms with van der Waals surface area (Å²) in [5, 5.41) is 14.4. The van der Waals surface area contributed by atoms with Crippen LogP contribution in [0.4, 0.5) is 0 Å². The molecule has 0 aliphatic carbocycles. The highest BCUT2D eigenvalue weighted by Gasteiger charge is 2.16. The van der Waals surface area contributed by atoms with E-state index in [1.807, 2.05) is 20.9 Å². The summed E-state index contributed by atoms with van der Waals surface area (Å²) in [4.78, 5) is 2.10. The van der Waals surface area contributed by atoms with Crippen LogP contribution in [0.5, 0.6) is 0 Å². The van der Waals surface area contributed by atoms with Gasteiger partial charge in [-0.15, -0.1) is 0 Å². The van der Waals surface area contributed by atoms with E-state index in [1.165, 1.54) is 0 Å². The Bertz CT molecular complexity index is 350. The molecule has 4 heteroatoms. The predicted molar refractivity (Wildman–Crippen MR) is 74.5 cm³/mol. The molecule has 0 aromatic carbocycles. The van der Waals surface area contributed by atoms with E-state index in [4.69, 9.17) is 0 Å². The van der Waals surface area contributed by atoms with Gasteiger partial charge in [0, 0.05) is 19.3 Å². The standard InChI is InChI=1S/C14H27N3O/c1-6-13(7-2)17-9-8-12(15-17)10-16(5)11-14(3,4)18/h8-9,13,18H,6-7,10-11H2,1-5H3. The number of hydrogen-bond donors (Lipinski definition) is 1. The van der Waals surface area contributed by atoms with Gasteiger partial charge in [-0.3, -0.25) is 9.58 Å². The largest absolute Gasteiger partial charge is 0.389 e. The SMILES string of the molecule is CCC(CC)n1ccc(CN(C)CC(C)(C)O)n1. The zero-order valence-electron chi connectivity index (χ0n) is 12.3. The van der Waals surface area contributed by atoms with Crippen molar-refractivity contribution in [1.82, 2.24) is 14.7 Å². The molecule has 0 saturated heterocycles. The third-order valence-corrected chi connectivity index (χ3v) is 3.07. The van der Waals surface area contributed by atoms with Gasteiger partial charge >= 0.3 is 0 Å². The lowest BCUT2D eigenvalue weighted by Gasteiger charge is -2.24. The fourth-order valence-corrected chi connectivity index (χ4v) is 2.32. The average Bonchev–Trinajstić information content (AvgIpc) is 2.65. The summed E-state index contributed by atoms with van der Waals surface area (Å²) in [6, 6.07) is 2.57. The van der Waals surface area contributed by atoms with Gasteiger partial charge in [-0.1, -0.05) is 13.8 Å². The summed E-state index contributed by atoms with van der Waals surface area (Å²) < 4.78 is 2.06. The van der Waals surface area contributed by atoms with Crippen LogP contribution in [0.2, 0.25) is 0 Å². The highest BCUT2D eigenvalue weighted by molar-refractivity contribution is 4.99. The molecule has 1 N–H and O–H groups in total. The lowest BCUT2D eigenvalue weighted by atomic mass is 10.1. The number of hydrogen-bond acceptors (Lipinski definition) is 3. The number of rotatable bonds is 7. The Morgan fingerprint density at radius 3 is 2.50 bits per heavy atom. The fourth-order valence-electron chi connectivity index (χ4n) is 2.32. The Kier molecular flexibility index (Phi) is 5.35. The van der Waals surface area contributed by atoms with Gasteiger partial charge in [0.15, 0.2) is 0 Å². The Balaban J connectivity index is 2.58. The van der Waals surface area contributed by atoms with Crippen LogP contribution in [0.3, 0.4) is 0 Å². The minimum atomic E-state index is -0.660. The second-order valence-corrected chi connectivity index (χ2v) is 5.74. The summed E-state index contributed by atoms with van der Waals surface area (Å²) in [7, 11) is 2.01. The Hall–Kier alpha value is -0.870.